The fourth-order valence-corrected chi connectivity index (χ4v) is 2.66. The zero-order chi connectivity index (χ0) is 14.8. The molecule has 0 bridgehead atoms. The van der Waals surface area contributed by atoms with Gasteiger partial charge in [-0.05, 0) is 24.1 Å². The maximum absolute atomic E-state index is 13.1. The van der Waals surface area contributed by atoms with Crippen molar-refractivity contribution in [2.24, 2.45) is 0 Å². The van der Waals surface area contributed by atoms with E-state index in [0.717, 1.165) is 23.3 Å². The first-order chi connectivity index (χ1) is 10.2. The summed E-state index contributed by atoms with van der Waals surface area (Å²) in [6, 6.07) is 8.53. The zero-order valence-electron chi connectivity index (χ0n) is 11.7. The highest BCUT2D eigenvalue weighted by atomic mass is 19.1. The summed E-state index contributed by atoms with van der Waals surface area (Å²) in [7, 11) is 1.65. The predicted octanol–water partition coefficient (Wildman–Crippen LogP) is 2.43. The number of halogens is 1. The van der Waals surface area contributed by atoms with Crippen molar-refractivity contribution in [3.05, 3.63) is 59.2 Å². The summed E-state index contributed by atoms with van der Waals surface area (Å²) in [6.07, 6.45) is 2.04. The van der Waals surface area contributed by atoms with Gasteiger partial charge < -0.3 is 9.64 Å². The van der Waals surface area contributed by atoms with Gasteiger partial charge in [0.2, 0.25) is 5.95 Å². The van der Waals surface area contributed by atoms with E-state index in [-0.39, 0.29) is 5.91 Å². The number of rotatable bonds is 2. The summed E-state index contributed by atoms with van der Waals surface area (Å²) in [4.78, 5) is 17.6. The second kappa shape index (κ2) is 5.52. The molecule has 1 aromatic heterocycles. The number of pyridine rings is 1. The van der Waals surface area contributed by atoms with Crippen LogP contribution in [0.2, 0.25) is 0 Å². The topological polar surface area (TPSA) is 42.4 Å². The number of carbonyl (C=O) groups excluding carboxylic acids is 1. The van der Waals surface area contributed by atoms with Gasteiger partial charge in [0.15, 0.2) is 0 Å². The van der Waals surface area contributed by atoms with E-state index in [9.17, 15) is 9.18 Å². The fourth-order valence-electron chi connectivity index (χ4n) is 2.66. The number of nitrogens with zero attached hydrogens (tertiary/aromatic N) is 2. The Bertz CT molecular complexity index is 688. The summed E-state index contributed by atoms with van der Waals surface area (Å²) in [5.41, 5.74) is 2.54. The molecular weight excluding hydrogens is 271 g/mol. The maximum atomic E-state index is 13.1. The Morgan fingerprint density at radius 1 is 1.38 bits per heavy atom. The number of aromatic nitrogens is 1. The third-order valence-corrected chi connectivity index (χ3v) is 3.70. The van der Waals surface area contributed by atoms with Gasteiger partial charge in [0, 0.05) is 36.5 Å². The Balaban J connectivity index is 1.85. The van der Waals surface area contributed by atoms with Crippen molar-refractivity contribution in [2.45, 2.75) is 13.0 Å². The van der Waals surface area contributed by atoms with Crippen molar-refractivity contribution in [2.75, 3.05) is 13.7 Å². The van der Waals surface area contributed by atoms with E-state index in [1.807, 2.05) is 18.2 Å². The highest BCUT2D eigenvalue weighted by Gasteiger charge is 2.23. The van der Waals surface area contributed by atoms with E-state index in [4.69, 9.17) is 4.74 Å². The van der Waals surface area contributed by atoms with Gasteiger partial charge in [0.1, 0.15) is 5.75 Å². The van der Waals surface area contributed by atoms with Crippen LogP contribution < -0.4 is 4.74 Å². The second-order valence-corrected chi connectivity index (χ2v) is 4.94. The average Bonchev–Trinajstić information content (AvgIpc) is 2.53. The summed E-state index contributed by atoms with van der Waals surface area (Å²) in [6.45, 7) is 1.10. The van der Waals surface area contributed by atoms with Crippen LogP contribution in [-0.2, 0) is 13.0 Å². The molecule has 1 amide bonds. The fraction of sp³-hybridized carbons (Fsp3) is 0.250. The third-order valence-electron chi connectivity index (χ3n) is 3.70. The molecule has 5 heteroatoms. The molecule has 2 heterocycles. The van der Waals surface area contributed by atoms with Crippen LogP contribution in [0.5, 0.6) is 5.75 Å². The van der Waals surface area contributed by atoms with Crippen molar-refractivity contribution in [1.82, 2.24) is 9.88 Å². The Labute approximate surface area is 122 Å². The van der Waals surface area contributed by atoms with Crippen LogP contribution in [0.3, 0.4) is 0 Å². The lowest BCUT2D eigenvalue weighted by Gasteiger charge is -2.29. The molecule has 0 spiro atoms. The SMILES string of the molecule is COc1cccc2c1CCN(C(=O)c1ccnc(F)c1)C2. The molecule has 21 heavy (non-hydrogen) atoms. The number of ether oxygens (including phenoxy) is 1. The molecule has 1 aliphatic rings. The highest BCUT2D eigenvalue weighted by molar-refractivity contribution is 5.94. The molecule has 0 aliphatic carbocycles. The molecule has 0 radical (unpaired) electrons. The van der Waals surface area contributed by atoms with E-state index in [1.54, 1.807) is 12.0 Å². The monoisotopic (exact) mass is 286 g/mol. The van der Waals surface area contributed by atoms with E-state index in [1.165, 1.54) is 18.3 Å². The van der Waals surface area contributed by atoms with Gasteiger partial charge in [0.25, 0.3) is 5.91 Å². The lowest BCUT2D eigenvalue weighted by molar-refractivity contribution is 0.0733. The lowest BCUT2D eigenvalue weighted by Crippen LogP contribution is -2.36. The van der Waals surface area contributed by atoms with Gasteiger partial charge in [-0.3, -0.25) is 4.79 Å². The molecule has 2 aromatic rings. The summed E-state index contributed by atoms with van der Waals surface area (Å²) in [5.74, 6) is 0.0410. The van der Waals surface area contributed by atoms with Gasteiger partial charge in [-0.1, -0.05) is 12.1 Å². The molecule has 108 valence electrons. The van der Waals surface area contributed by atoms with Gasteiger partial charge in [-0.25, -0.2) is 4.98 Å². The zero-order valence-corrected chi connectivity index (χ0v) is 11.7. The highest BCUT2D eigenvalue weighted by Crippen LogP contribution is 2.28. The first-order valence-corrected chi connectivity index (χ1v) is 6.74. The van der Waals surface area contributed by atoms with E-state index >= 15 is 0 Å². The Morgan fingerprint density at radius 3 is 3.00 bits per heavy atom. The Hall–Kier alpha value is -2.43. The van der Waals surface area contributed by atoms with E-state index < -0.39 is 5.95 Å². The largest absolute Gasteiger partial charge is 0.496 e. The molecule has 0 saturated carbocycles. The van der Waals surface area contributed by atoms with Crippen molar-refractivity contribution in [3.8, 4) is 5.75 Å². The summed E-state index contributed by atoms with van der Waals surface area (Å²) < 4.78 is 18.5. The quantitative estimate of drug-likeness (QED) is 0.796. The number of amides is 1. The van der Waals surface area contributed by atoms with Crippen LogP contribution in [0.25, 0.3) is 0 Å². The summed E-state index contributed by atoms with van der Waals surface area (Å²) >= 11 is 0. The Morgan fingerprint density at radius 2 is 2.24 bits per heavy atom. The van der Waals surface area contributed by atoms with Gasteiger partial charge >= 0.3 is 0 Å². The van der Waals surface area contributed by atoms with E-state index in [2.05, 4.69) is 4.98 Å². The Kier molecular flexibility index (Phi) is 3.56. The van der Waals surface area contributed by atoms with Crippen molar-refractivity contribution < 1.29 is 13.9 Å². The number of hydrogen-bond acceptors (Lipinski definition) is 3. The molecule has 3 rings (SSSR count). The van der Waals surface area contributed by atoms with Crippen LogP contribution in [0.1, 0.15) is 21.5 Å². The lowest BCUT2D eigenvalue weighted by atomic mass is 9.98. The average molecular weight is 286 g/mol. The molecule has 0 unspecified atom stereocenters. The first-order valence-electron chi connectivity index (χ1n) is 6.74. The minimum Gasteiger partial charge on any atom is -0.496 e. The van der Waals surface area contributed by atoms with Gasteiger partial charge in [-0.15, -0.1) is 0 Å². The molecule has 0 atom stereocenters. The summed E-state index contributed by atoms with van der Waals surface area (Å²) in [5, 5.41) is 0. The molecule has 1 aromatic carbocycles. The van der Waals surface area contributed by atoms with Crippen molar-refractivity contribution >= 4 is 5.91 Å². The van der Waals surface area contributed by atoms with Crippen LogP contribution in [-0.4, -0.2) is 29.4 Å². The third kappa shape index (κ3) is 2.59. The van der Waals surface area contributed by atoms with Crippen molar-refractivity contribution in [3.63, 3.8) is 0 Å². The number of fused-ring (bicyclic) bond motifs is 1. The van der Waals surface area contributed by atoms with Crippen LogP contribution in [0.15, 0.2) is 36.5 Å². The maximum Gasteiger partial charge on any atom is 0.254 e. The standard InChI is InChI=1S/C16H15FN2O2/c1-21-14-4-2-3-12-10-19(8-6-13(12)14)16(20)11-5-7-18-15(17)9-11/h2-5,7,9H,6,8,10H2,1H3. The van der Waals surface area contributed by atoms with Crippen LogP contribution in [0, 0.1) is 5.95 Å². The van der Waals surface area contributed by atoms with Crippen LogP contribution >= 0.6 is 0 Å². The smallest absolute Gasteiger partial charge is 0.254 e. The number of benzene rings is 1. The molecule has 4 nitrogen and oxygen atoms in total. The molecular formula is C16H15FN2O2. The molecule has 1 aliphatic heterocycles. The van der Waals surface area contributed by atoms with Gasteiger partial charge in [-0.2, -0.15) is 4.39 Å². The molecule has 0 fully saturated rings. The number of methoxy groups -OCH3 is 1. The number of hydrogen-bond donors (Lipinski definition) is 0. The first kappa shape index (κ1) is 13.5. The van der Waals surface area contributed by atoms with Crippen molar-refractivity contribution in [1.29, 1.82) is 0 Å². The normalized spacial score (nSPS) is 13.7. The predicted molar refractivity (Wildman–Crippen MR) is 75.6 cm³/mol. The van der Waals surface area contributed by atoms with Gasteiger partial charge in [0.05, 0.1) is 7.11 Å². The van der Waals surface area contributed by atoms with E-state index in [0.29, 0.717) is 18.7 Å². The number of carbonyl (C=O) groups is 1. The molecule has 0 saturated heterocycles. The minimum absolute atomic E-state index is 0.176. The second-order valence-electron chi connectivity index (χ2n) is 4.94. The minimum atomic E-state index is -0.639. The van der Waals surface area contributed by atoms with Crippen LogP contribution in [0.4, 0.5) is 4.39 Å². The molecule has 0 N–H and O–H groups in total.